The number of benzene rings is 2. The largest absolute Gasteiger partial charge is 0.508 e. The Morgan fingerprint density at radius 3 is 2.35 bits per heavy atom. The molecule has 0 saturated carbocycles. The van der Waals surface area contributed by atoms with Crippen molar-refractivity contribution in [3.05, 3.63) is 59.7 Å². The highest BCUT2D eigenvalue weighted by Crippen LogP contribution is 2.20. The summed E-state index contributed by atoms with van der Waals surface area (Å²) < 4.78 is 0. The molecule has 2 aromatic carbocycles. The Balaban J connectivity index is 1.84. The number of rotatable bonds is 7. The second-order valence-corrected chi connectivity index (χ2v) is 6.54. The third-order valence-corrected chi connectivity index (χ3v) is 4.00. The third-order valence-electron chi connectivity index (χ3n) is 4.00. The fraction of sp³-hybridized carbons (Fsp3) is 0.368. The molecule has 1 unspecified atom stereocenters. The Morgan fingerprint density at radius 2 is 1.70 bits per heavy atom. The van der Waals surface area contributed by atoms with Crippen LogP contribution in [-0.2, 0) is 6.42 Å². The fourth-order valence-corrected chi connectivity index (χ4v) is 2.43. The van der Waals surface area contributed by atoms with Crippen LogP contribution in [0.2, 0.25) is 0 Å². The van der Waals surface area contributed by atoms with E-state index in [9.17, 15) is 15.3 Å². The van der Waals surface area contributed by atoms with Gasteiger partial charge in [0.15, 0.2) is 0 Å². The molecule has 23 heavy (non-hydrogen) atoms. The van der Waals surface area contributed by atoms with Crippen molar-refractivity contribution in [1.29, 1.82) is 0 Å². The lowest BCUT2D eigenvalue weighted by Gasteiger charge is -2.28. The summed E-state index contributed by atoms with van der Waals surface area (Å²) in [7, 11) is 0. The molecule has 0 heterocycles. The maximum absolute atomic E-state index is 10.2. The van der Waals surface area contributed by atoms with Crippen LogP contribution >= 0.6 is 0 Å². The van der Waals surface area contributed by atoms with Crippen molar-refractivity contribution in [3.8, 4) is 11.5 Å². The molecular weight excluding hydrogens is 290 g/mol. The summed E-state index contributed by atoms with van der Waals surface area (Å²) in [6, 6.07) is 13.9. The molecule has 0 aromatic heterocycles. The van der Waals surface area contributed by atoms with Gasteiger partial charge >= 0.3 is 0 Å². The van der Waals surface area contributed by atoms with Crippen LogP contribution in [-0.4, -0.2) is 27.4 Å². The van der Waals surface area contributed by atoms with E-state index in [1.165, 1.54) is 5.56 Å². The monoisotopic (exact) mass is 315 g/mol. The Hall–Kier alpha value is -2.04. The second kappa shape index (κ2) is 7.49. The van der Waals surface area contributed by atoms with E-state index >= 15 is 0 Å². The molecule has 1 atom stereocenters. The SMILES string of the molecule is CC(C)(CCc1ccc(O)cc1)NCC(O)c1cccc(O)c1. The average molecular weight is 315 g/mol. The Bertz CT molecular complexity index is 623. The number of aliphatic hydroxyl groups is 1. The second-order valence-electron chi connectivity index (χ2n) is 6.54. The lowest BCUT2D eigenvalue weighted by Crippen LogP contribution is -2.41. The van der Waals surface area contributed by atoms with Crippen LogP contribution in [0.25, 0.3) is 0 Å². The summed E-state index contributed by atoms with van der Waals surface area (Å²) in [4.78, 5) is 0. The van der Waals surface area contributed by atoms with Crippen LogP contribution < -0.4 is 5.32 Å². The van der Waals surface area contributed by atoms with Crippen molar-refractivity contribution in [3.63, 3.8) is 0 Å². The van der Waals surface area contributed by atoms with Gasteiger partial charge in [-0.25, -0.2) is 0 Å². The standard InChI is InChI=1S/C19H25NO3/c1-19(2,11-10-14-6-8-16(21)9-7-14)20-13-18(23)15-4-3-5-17(22)12-15/h3-9,12,18,20-23H,10-11,13H2,1-2H3. The van der Waals surface area contributed by atoms with E-state index in [0.29, 0.717) is 12.1 Å². The van der Waals surface area contributed by atoms with Gasteiger partial charge in [-0.1, -0.05) is 24.3 Å². The smallest absolute Gasteiger partial charge is 0.115 e. The zero-order chi connectivity index (χ0) is 16.9. The maximum Gasteiger partial charge on any atom is 0.115 e. The molecule has 0 radical (unpaired) electrons. The first-order chi connectivity index (χ1) is 10.9. The van der Waals surface area contributed by atoms with Gasteiger partial charge in [-0.3, -0.25) is 0 Å². The minimum atomic E-state index is -0.657. The van der Waals surface area contributed by atoms with Gasteiger partial charge in [0.25, 0.3) is 0 Å². The van der Waals surface area contributed by atoms with Gasteiger partial charge < -0.3 is 20.6 Å². The van der Waals surface area contributed by atoms with Gasteiger partial charge in [0.2, 0.25) is 0 Å². The zero-order valence-electron chi connectivity index (χ0n) is 13.7. The highest BCUT2D eigenvalue weighted by molar-refractivity contribution is 5.29. The van der Waals surface area contributed by atoms with E-state index in [1.54, 1.807) is 36.4 Å². The summed E-state index contributed by atoms with van der Waals surface area (Å²) in [5, 5.41) is 32.4. The minimum Gasteiger partial charge on any atom is -0.508 e. The van der Waals surface area contributed by atoms with Crippen molar-refractivity contribution in [2.45, 2.75) is 38.3 Å². The summed E-state index contributed by atoms with van der Waals surface area (Å²) in [5.41, 5.74) is 1.74. The average Bonchev–Trinajstić information content (AvgIpc) is 2.52. The molecule has 4 N–H and O–H groups in total. The Kier molecular flexibility index (Phi) is 5.64. The van der Waals surface area contributed by atoms with Crippen molar-refractivity contribution >= 4 is 0 Å². The highest BCUT2D eigenvalue weighted by Gasteiger charge is 2.19. The molecule has 2 rings (SSSR count). The number of aliphatic hydroxyl groups excluding tert-OH is 1. The van der Waals surface area contributed by atoms with Crippen molar-refractivity contribution in [2.75, 3.05) is 6.54 Å². The molecular formula is C19H25NO3. The van der Waals surface area contributed by atoms with Crippen molar-refractivity contribution in [1.82, 2.24) is 5.32 Å². The van der Waals surface area contributed by atoms with E-state index in [1.807, 2.05) is 12.1 Å². The highest BCUT2D eigenvalue weighted by atomic mass is 16.3. The first kappa shape index (κ1) is 17.3. The molecule has 2 aromatic rings. The number of phenols is 2. The molecule has 0 spiro atoms. The molecule has 0 aliphatic heterocycles. The summed E-state index contributed by atoms with van der Waals surface area (Å²) >= 11 is 0. The van der Waals surface area contributed by atoms with Gasteiger partial charge in [0.1, 0.15) is 11.5 Å². The molecule has 0 aliphatic rings. The number of β-amino-alcohol motifs (C(OH)–C–C–N with tert-alkyl or cyclic N) is 1. The summed E-state index contributed by atoms with van der Waals surface area (Å²) in [6.45, 7) is 4.62. The quantitative estimate of drug-likeness (QED) is 0.633. The molecule has 4 nitrogen and oxygen atoms in total. The third kappa shape index (κ3) is 5.58. The van der Waals surface area contributed by atoms with Crippen molar-refractivity contribution in [2.24, 2.45) is 0 Å². The molecule has 0 bridgehead atoms. The van der Waals surface area contributed by atoms with Crippen LogP contribution in [0.3, 0.4) is 0 Å². The summed E-state index contributed by atoms with van der Waals surface area (Å²) in [5.74, 6) is 0.438. The van der Waals surface area contributed by atoms with Crippen molar-refractivity contribution < 1.29 is 15.3 Å². The van der Waals surface area contributed by atoms with Gasteiger partial charge in [0, 0.05) is 12.1 Å². The molecule has 0 fully saturated rings. The number of hydrogen-bond acceptors (Lipinski definition) is 4. The Labute approximate surface area is 137 Å². The van der Waals surface area contributed by atoms with Crippen LogP contribution in [0.5, 0.6) is 11.5 Å². The first-order valence-corrected chi connectivity index (χ1v) is 7.86. The number of aryl methyl sites for hydroxylation is 1. The molecule has 0 aliphatic carbocycles. The topological polar surface area (TPSA) is 72.7 Å². The lowest BCUT2D eigenvalue weighted by molar-refractivity contribution is 0.159. The van der Waals surface area contributed by atoms with Gasteiger partial charge in [-0.2, -0.15) is 0 Å². The lowest BCUT2D eigenvalue weighted by atomic mass is 9.94. The van der Waals surface area contributed by atoms with Gasteiger partial charge in [-0.05, 0) is 62.1 Å². The molecule has 0 saturated heterocycles. The zero-order valence-corrected chi connectivity index (χ0v) is 13.7. The molecule has 124 valence electrons. The van der Waals surface area contributed by atoms with Gasteiger partial charge in [0.05, 0.1) is 6.10 Å². The minimum absolute atomic E-state index is 0.129. The molecule has 4 heteroatoms. The number of phenolic OH excluding ortho intramolecular Hbond substituents is 2. The maximum atomic E-state index is 10.2. The summed E-state index contributed by atoms with van der Waals surface area (Å²) in [6.07, 6.45) is 1.14. The number of aromatic hydroxyl groups is 2. The predicted molar refractivity (Wildman–Crippen MR) is 91.6 cm³/mol. The number of nitrogens with one attached hydrogen (secondary N) is 1. The van der Waals surface area contributed by atoms with E-state index < -0.39 is 6.10 Å². The number of hydrogen-bond donors (Lipinski definition) is 4. The van der Waals surface area contributed by atoms with Crippen LogP contribution in [0.1, 0.15) is 37.5 Å². The van der Waals surface area contributed by atoms with E-state index in [0.717, 1.165) is 12.8 Å². The van der Waals surface area contributed by atoms with E-state index in [-0.39, 0.29) is 17.0 Å². The van der Waals surface area contributed by atoms with Crippen LogP contribution in [0.15, 0.2) is 48.5 Å². The Morgan fingerprint density at radius 1 is 1.00 bits per heavy atom. The van der Waals surface area contributed by atoms with Crippen LogP contribution in [0.4, 0.5) is 0 Å². The van der Waals surface area contributed by atoms with Crippen LogP contribution in [0, 0.1) is 0 Å². The first-order valence-electron chi connectivity index (χ1n) is 7.86. The normalized spacial score (nSPS) is 13.0. The molecule has 0 amide bonds. The van der Waals surface area contributed by atoms with E-state index in [4.69, 9.17) is 0 Å². The van der Waals surface area contributed by atoms with Gasteiger partial charge in [-0.15, -0.1) is 0 Å². The van der Waals surface area contributed by atoms with E-state index in [2.05, 4.69) is 19.2 Å². The fourth-order valence-electron chi connectivity index (χ4n) is 2.43. The predicted octanol–water partition coefficient (Wildman–Crippen LogP) is 3.13.